The van der Waals surface area contributed by atoms with Gasteiger partial charge in [0.25, 0.3) is 0 Å². The van der Waals surface area contributed by atoms with Gasteiger partial charge in [0.15, 0.2) is 0 Å². The second-order valence-corrected chi connectivity index (χ2v) is 7.30. The van der Waals surface area contributed by atoms with Gasteiger partial charge in [-0.2, -0.15) is 13.2 Å². The van der Waals surface area contributed by atoms with E-state index in [2.05, 4.69) is 0 Å². The molecule has 0 bridgehead atoms. The second-order valence-electron chi connectivity index (χ2n) is 7.30. The van der Waals surface area contributed by atoms with Crippen molar-refractivity contribution in [1.29, 1.82) is 0 Å². The quantitative estimate of drug-likeness (QED) is 0.771. The molecule has 132 valence electrons. The number of rotatable bonds is 2. The van der Waals surface area contributed by atoms with Gasteiger partial charge in [0.2, 0.25) is 11.8 Å². The maximum Gasteiger partial charge on any atom is 0.406 e. The highest BCUT2D eigenvalue weighted by Crippen LogP contribution is 2.28. The number of amides is 2. The molecule has 2 heterocycles. The molecule has 23 heavy (non-hydrogen) atoms. The molecule has 2 aliphatic rings. The van der Waals surface area contributed by atoms with E-state index in [0.29, 0.717) is 19.7 Å². The van der Waals surface area contributed by atoms with Gasteiger partial charge in [-0.3, -0.25) is 9.59 Å². The molecule has 0 aliphatic carbocycles. The van der Waals surface area contributed by atoms with Crippen molar-refractivity contribution in [3.8, 4) is 0 Å². The summed E-state index contributed by atoms with van der Waals surface area (Å²) >= 11 is 0. The summed E-state index contributed by atoms with van der Waals surface area (Å²) in [7, 11) is 0. The minimum Gasteiger partial charge on any atom is -0.374 e. The molecule has 2 atom stereocenters. The molecule has 0 aromatic rings. The van der Waals surface area contributed by atoms with Crippen LogP contribution in [0, 0.1) is 11.3 Å². The minimum atomic E-state index is -4.44. The van der Waals surface area contributed by atoms with Crippen molar-refractivity contribution in [2.45, 2.75) is 39.5 Å². The molecule has 0 spiro atoms. The number of carbonyl (C=O) groups excluding carboxylic acids is 2. The first-order valence-corrected chi connectivity index (χ1v) is 7.72. The van der Waals surface area contributed by atoms with Gasteiger partial charge in [-0.05, 0) is 5.41 Å². The Morgan fingerprint density at radius 1 is 1.26 bits per heavy atom. The molecule has 8 heteroatoms. The first-order chi connectivity index (χ1) is 10.5. The van der Waals surface area contributed by atoms with Crippen molar-refractivity contribution >= 4 is 11.8 Å². The van der Waals surface area contributed by atoms with Gasteiger partial charge < -0.3 is 14.5 Å². The monoisotopic (exact) mass is 336 g/mol. The molecule has 0 aromatic heterocycles. The van der Waals surface area contributed by atoms with Gasteiger partial charge >= 0.3 is 6.18 Å². The standard InChI is InChI=1S/C15H23F3N2O3/c1-14(2,3)11-8-19(4-5-23-11)13(22)10-6-12(21)20(7-10)9-15(16,17)18/h10-11H,4-9H2,1-3H3/t10-,11-/m0/s1. The van der Waals surface area contributed by atoms with E-state index in [-0.39, 0.29) is 30.4 Å². The zero-order valence-electron chi connectivity index (χ0n) is 13.7. The smallest absolute Gasteiger partial charge is 0.374 e. The number of nitrogens with zero attached hydrogens (tertiary/aromatic N) is 2. The maximum absolute atomic E-state index is 12.5. The van der Waals surface area contributed by atoms with Crippen LogP contribution in [0.2, 0.25) is 0 Å². The Balaban J connectivity index is 1.97. The highest BCUT2D eigenvalue weighted by atomic mass is 19.4. The summed E-state index contributed by atoms with van der Waals surface area (Å²) in [4.78, 5) is 26.6. The zero-order valence-corrected chi connectivity index (χ0v) is 13.7. The van der Waals surface area contributed by atoms with Crippen LogP contribution in [0.3, 0.4) is 0 Å². The highest BCUT2D eigenvalue weighted by molar-refractivity contribution is 5.89. The Morgan fingerprint density at radius 2 is 1.91 bits per heavy atom. The van der Waals surface area contributed by atoms with Crippen LogP contribution in [0.5, 0.6) is 0 Å². The summed E-state index contributed by atoms with van der Waals surface area (Å²) < 4.78 is 43.0. The lowest BCUT2D eigenvalue weighted by Crippen LogP contribution is -2.51. The zero-order chi connectivity index (χ0) is 17.4. The summed E-state index contributed by atoms with van der Waals surface area (Å²) in [5, 5.41) is 0. The number of hydrogen-bond acceptors (Lipinski definition) is 3. The first-order valence-electron chi connectivity index (χ1n) is 7.72. The van der Waals surface area contributed by atoms with Crippen LogP contribution in [0.1, 0.15) is 27.2 Å². The molecule has 0 N–H and O–H groups in total. The summed E-state index contributed by atoms with van der Waals surface area (Å²) in [5.41, 5.74) is -0.132. The van der Waals surface area contributed by atoms with E-state index in [0.717, 1.165) is 4.90 Å². The van der Waals surface area contributed by atoms with Crippen LogP contribution in [-0.4, -0.2) is 66.7 Å². The fourth-order valence-electron chi connectivity index (χ4n) is 2.94. The predicted octanol–water partition coefficient (Wildman–Crippen LogP) is 1.67. The maximum atomic E-state index is 12.5. The predicted molar refractivity (Wildman–Crippen MR) is 76.5 cm³/mol. The van der Waals surface area contributed by atoms with Gasteiger partial charge in [0, 0.05) is 26.1 Å². The van der Waals surface area contributed by atoms with E-state index >= 15 is 0 Å². The third-order valence-corrected chi connectivity index (χ3v) is 4.28. The van der Waals surface area contributed by atoms with E-state index in [1.807, 2.05) is 20.8 Å². The van der Waals surface area contributed by atoms with Crippen molar-refractivity contribution < 1.29 is 27.5 Å². The average Bonchev–Trinajstić information content (AvgIpc) is 2.76. The third-order valence-electron chi connectivity index (χ3n) is 4.28. The van der Waals surface area contributed by atoms with Crippen LogP contribution in [0.15, 0.2) is 0 Å². The second kappa shape index (κ2) is 6.30. The number of carbonyl (C=O) groups is 2. The molecule has 0 radical (unpaired) electrons. The van der Waals surface area contributed by atoms with Crippen LogP contribution in [0.25, 0.3) is 0 Å². The molecule has 5 nitrogen and oxygen atoms in total. The lowest BCUT2D eigenvalue weighted by Gasteiger charge is -2.40. The van der Waals surface area contributed by atoms with Crippen molar-refractivity contribution in [3.63, 3.8) is 0 Å². The number of hydrogen-bond donors (Lipinski definition) is 0. The Hall–Kier alpha value is -1.31. The van der Waals surface area contributed by atoms with Crippen LogP contribution in [-0.2, 0) is 14.3 Å². The average molecular weight is 336 g/mol. The van der Waals surface area contributed by atoms with Crippen LogP contribution >= 0.6 is 0 Å². The van der Waals surface area contributed by atoms with E-state index in [9.17, 15) is 22.8 Å². The molecule has 0 aromatic carbocycles. The molecule has 2 rings (SSSR count). The van der Waals surface area contributed by atoms with Crippen molar-refractivity contribution in [1.82, 2.24) is 9.80 Å². The Labute approximate surface area is 133 Å². The van der Waals surface area contributed by atoms with Gasteiger partial charge in [-0.15, -0.1) is 0 Å². The summed E-state index contributed by atoms with van der Waals surface area (Å²) in [6.07, 6.45) is -4.71. The fourth-order valence-corrected chi connectivity index (χ4v) is 2.94. The molecule has 0 saturated carbocycles. The number of likely N-dealkylation sites (tertiary alicyclic amines) is 1. The Bertz CT molecular complexity index is 474. The number of morpholine rings is 1. The molecular formula is C15H23F3N2O3. The number of halogens is 3. The summed E-state index contributed by atoms with van der Waals surface area (Å²) in [6, 6.07) is 0. The normalized spacial score (nSPS) is 26.8. The van der Waals surface area contributed by atoms with E-state index in [1.165, 1.54) is 0 Å². The van der Waals surface area contributed by atoms with Crippen molar-refractivity contribution in [2.24, 2.45) is 11.3 Å². The molecule has 0 unspecified atom stereocenters. The topological polar surface area (TPSA) is 49.9 Å². The molecule has 2 amide bonds. The Kier molecular flexibility index (Phi) is 4.94. The van der Waals surface area contributed by atoms with Crippen molar-refractivity contribution in [3.05, 3.63) is 0 Å². The largest absolute Gasteiger partial charge is 0.406 e. The van der Waals surface area contributed by atoms with E-state index in [4.69, 9.17) is 4.74 Å². The van der Waals surface area contributed by atoms with Crippen LogP contribution in [0.4, 0.5) is 13.2 Å². The third kappa shape index (κ3) is 4.59. The minimum absolute atomic E-state index is 0.122. The van der Waals surface area contributed by atoms with E-state index in [1.54, 1.807) is 4.90 Å². The Morgan fingerprint density at radius 3 is 2.48 bits per heavy atom. The lowest BCUT2D eigenvalue weighted by atomic mass is 9.88. The summed E-state index contributed by atoms with van der Waals surface area (Å²) in [6.45, 7) is 5.81. The SMILES string of the molecule is CC(C)(C)[C@@H]1CN(C(=O)[C@H]2CC(=O)N(CC(F)(F)F)C2)CCO1. The van der Waals surface area contributed by atoms with Gasteiger partial charge in [-0.1, -0.05) is 20.8 Å². The van der Waals surface area contributed by atoms with Crippen LogP contribution < -0.4 is 0 Å². The van der Waals surface area contributed by atoms with Gasteiger partial charge in [0.1, 0.15) is 6.54 Å². The first kappa shape index (κ1) is 18.0. The molecule has 2 saturated heterocycles. The van der Waals surface area contributed by atoms with Gasteiger partial charge in [0.05, 0.1) is 18.6 Å². The van der Waals surface area contributed by atoms with Crippen molar-refractivity contribution in [2.75, 3.05) is 32.8 Å². The fraction of sp³-hybridized carbons (Fsp3) is 0.867. The van der Waals surface area contributed by atoms with E-state index < -0.39 is 24.5 Å². The molecular weight excluding hydrogens is 313 g/mol. The molecule has 2 aliphatic heterocycles. The summed E-state index contributed by atoms with van der Waals surface area (Å²) in [5.74, 6) is -1.55. The molecule has 2 fully saturated rings. The lowest BCUT2D eigenvalue weighted by molar-refractivity contribution is -0.157. The number of alkyl halides is 3. The highest BCUT2D eigenvalue weighted by Gasteiger charge is 2.43. The number of ether oxygens (including phenoxy) is 1. The van der Waals surface area contributed by atoms with Gasteiger partial charge in [-0.25, -0.2) is 0 Å².